The molecule has 0 aliphatic carbocycles. The lowest BCUT2D eigenvalue weighted by Crippen LogP contribution is -2.44. The molecule has 1 saturated heterocycles. The van der Waals surface area contributed by atoms with Gasteiger partial charge in [-0.3, -0.25) is 0 Å². The second kappa shape index (κ2) is 5.87. The van der Waals surface area contributed by atoms with Crippen LogP contribution in [0.2, 0.25) is 0 Å². The SMILES string of the molecule is C[C@]1(CP(c2ccccc2)c2ccccc2)COC(=O)N1. The summed E-state index contributed by atoms with van der Waals surface area (Å²) in [6, 6.07) is 21.0. The van der Waals surface area contributed by atoms with Gasteiger partial charge in [0.25, 0.3) is 0 Å². The number of rotatable bonds is 4. The van der Waals surface area contributed by atoms with Crippen LogP contribution >= 0.6 is 7.92 Å². The number of ether oxygens (including phenoxy) is 1. The van der Waals surface area contributed by atoms with Crippen molar-refractivity contribution in [2.75, 3.05) is 12.8 Å². The molecule has 2 aromatic rings. The van der Waals surface area contributed by atoms with E-state index in [1.54, 1.807) is 0 Å². The average molecular weight is 299 g/mol. The molecule has 21 heavy (non-hydrogen) atoms. The highest BCUT2D eigenvalue weighted by Gasteiger charge is 2.37. The lowest BCUT2D eigenvalue weighted by Gasteiger charge is -2.28. The Morgan fingerprint density at radius 1 is 1.05 bits per heavy atom. The van der Waals surface area contributed by atoms with E-state index < -0.39 is 7.92 Å². The van der Waals surface area contributed by atoms with E-state index in [0.29, 0.717) is 6.61 Å². The van der Waals surface area contributed by atoms with Crippen LogP contribution in [0.4, 0.5) is 4.79 Å². The van der Waals surface area contributed by atoms with Crippen molar-refractivity contribution in [1.82, 2.24) is 5.32 Å². The van der Waals surface area contributed by atoms with Gasteiger partial charge < -0.3 is 10.1 Å². The Kier molecular flexibility index (Phi) is 3.94. The zero-order chi connectivity index (χ0) is 14.7. The molecule has 3 nitrogen and oxygen atoms in total. The molecule has 1 aliphatic heterocycles. The van der Waals surface area contributed by atoms with E-state index in [4.69, 9.17) is 4.74 Å². The minimum atomic E-state index is -0.524. The highest BCUT2D eigenvalue weighted by molar-refractivity contribution is 7.73. The maximum atomic E-state index is 11.4. The van der Waals surface area contributed by atoms with E-state index in [2.05, 4.69) is 60.8 Å². The lowest BCUT2D eigenvalue weighted by molar-refractivity contribution is 0.174. The van der Waals surface area contributed by atoms with E-state index in [1.165, 1.54) is 10.6 Å². The molecule has 108 valence electrons. The average Bonchev–Trinajstić information content (AvgIpc) is 2.86. The molecule has 0 aromatic heterocycles. The summed E-state index contributed by atoms with van der Waals surface area (Å²) in [5.74, 6) is 0. The van der Waals surface area contributed by atoms with Crippen LogP contribution < -0.4 is 15.9 Å². The summed E-state index contributed by atoms with van der Waals surface area (Å²) in [7, 11) is -0.524. The van der Waals surface area contributed by atoms with Crippen LogP contribution in [0.1, 0.15) is 6.92 Å². The summed E-state index contributed by atoms with van der Waals surface area (Å²) >= 11 is 0. The van der Waals surface area contributed by atoms with Crippen LogP contribution in [0.3, 0.4) is 0 Å². The van der Waals surface area contributed by atoms with Crippen molar-refractivity contribution in [3.8, 4) is 0 Å². The molecule has 1 atom stereocenters. The van der Waals surface area contributed by atoms with Crippen LogP contribution in [0.5, 0.6) is 0 Å². The quantitative estimate of drug-likeness (QED) is 0.881. The smallest absolute Gasteiger partial charge is 0.407 e. The Morgan fingerprint density at radius 3 is 2.00 bits per heavy atom. The van der Waals surface area contributed by atoms with Gasteiger partial charge in [0.1, 0.15) is 6.61 Å². The molecule has 3 rings (SSSR count). The Bertz CT molecular complexity index is 578. The number of carbonyl (C=O) groups excluding carboxylic acids is 1. The van der Waals surface area contributed by atoms with E-state index in [0.717, 1.165) is 6.16 Å². The Morgan fingerprint density at radius 2 is 1.57 bits per heavy atom. The molecule has 4 heteroatoms. The fourth-order valence-electron chi connectivity index (χ4n) is 2.53. The zero-order valence-corrected chi connectivity index (χ0v) is 12.8. The molecule has 0 spiro atoms. The third kappa shape index (κ3) is 3.25. The van der Waals surface area contributed by atoms with Crippen LogP contribution in [0.25, 0.3) is 0 Å². The Balaban J connectivity index is 1.92. The van der Waals surface area contributed by atoms with Crippen LogP contribution in [0, 0.1) is 0 Å². The Hall–Kier alpha value is -1.86. The molecule has 1 fully saturated rings. The first-order chi connectivity index (χ1) is 10.2. The molecule has 1 amide bonds. The molecule has 0 radical (unpaired) electrons. The van der Waals surface area contributed by atoms with Gasteiger partial charge in [0.05, 0.1) is 5.54 Å². The normalized spacial score (nSPS) is 21.1. The van der Waals surface area contributed by atoms with Gasteiger partial charge in [-0.15, -0.1) is 0 Å². The van der Waals surface area contributed by atoms with Gasteiger partial charge in [-0.2, -0.15) is 0 Å². The predicted molar refractivity (Wildman–Crippen MR) is 86.8 cm³/mol. The molecule has 1 heterocycles. The monoisotopic (exact) mass is 299 g/mol. The van der Waals surface area contributed by atoms with Crippen molar-refractivity contribution >= 4 is 24.6 Å². The first-order valence-electron chi connectivity index (χ1n) is 6.99. The maximum Gasteiger partial charge on any atom is 0.407 e. The summed E-state index contributed by atoms with van der Waals surface area (Å²) in [6.07, 6.45) is 0.566. The number of alkyl carbamates (subject to hydrolysis) is 1. The summed E-state index contributed by atoms with van der Waals surface area (Å²) in [4.78, 5) is 11.4. The maximum absolute atomic E-state index is 11.4. The van der Waals surface area contributed by atoms with Crippen molar-refractivity contribution < 1.29 is 9.53 Å². The number of amides is 1. The summed E-state index contributed by atoms with van der Waals surface area (Å²) in [6.45, 7) is 2.49. The van der Waals surface area contributed by atoms with Crippen LogP contribution in [0.15, 0.2) is 60.7 Å². The lowest BCUT2D eigenvalue weighted by atomic mass is 10.1. The highest BCUT2D eigenvalue weighted by Crippen LogP contribution is 2.38. The number of nitrogens with one attached hydrogen (secondary N) is 1. The molecule has 1 N–H and O–H groups in total. The third-order valence-corrected chi connectivity index (χ3v) is 6.43. The number of hydrogen-bond acceptors (Lipinski definition) is 2. The van der Waals surface area contributed by atoms with E-state index in [1.807, 2.05) is 12.1 Å². The minimum absolute atomic E-state index is 0.297. The first-order valence-corrected chi connectivity index (χ1v) is 8.52. The fraction of sp³-hybridized carbons (Fsp3) is 0.235. The van der Waals surface area contributed by atoms with Gasteiger partial charge in [-0.1, -0.05) is 60.7 Å². The second-order valence-electron chi connectivity index (χ2n) is 5.52. The van der Waals surface area contributed by atoms with Gasteiger partial charge in [-0.05, 0) is 25.5 Å². The number of cyclic esters (lactones) is 1. The van der Waals surface area contributed by atoms with Crippen molar-refractivity contribution in [3.63, 3.8) is 0 Å². The molecule has 0 unspecified atom stereocenters. The second-order valence-corrected chi connectivity index (χ2v) is 7.72. The van der Waals surface area contributed by atoms with Crippen LogP contribution in [-0.4, -0.2) is 24.4 Å². The van der Waals surface area contributed by atoms with Gasteiger partial charge in [0.15, 0.2) is 0 Å². The van der Waals surface area contributed by atoms with E-state index in [9.17, 15) is 4.79 Å². The van der Waals surface area contributed by atoms with Gasteiger partial charge in [0, 0.05) is 6.16 Å². The van der Waals surface area contributed by atoms with Crippen LogP contribution in [-0.2, 0) is 4.74 Å². The third-order valence-electron chi connectivity index (χ3n) is 3.57. The zero-order valence-electron chi connectivity index (χ0n) is 12.0. The number of benzene rings is 2. The first kappa shape index (κ1) is 14.1. The van der Waals surface area contributed by atoms with E-state index in [-0.39, 0.29) is 11.6 Å². The number of hydrogen-bond donors (Lipinski definition) is 1. The van der Waals surface area contributed by atoms with Crippen molar-refractivity contribution in [2.24, 2.45) is 0 Å². The summed E-state index contributed by atoms with van der Waals surface area (Å²) in [5.41, 5.74) is -0.297. The molecule has 1 aliphatic rings. The molecule has 0 bridgehead atoms. The van der Waals surface area contributed by atoms with Gasteiger partial charge >= 0.3 is 6.09 Å². The topological polar surface area (TPSA) is 38.3 Å². The minimum Gasteiger partial charge on any atom is -0.447 e. The molecule has 0 saturated carbocycles. The van der Waals surface area contributed by atoms with Gasteiger partial charge in [0.2, 0.25) is 0 Å². The molecular weight excluding hydrogens is 281 g/mol. The standard InChI is InChI=1S/C17H18NO2P/c1-17(12-20-16(19)18-17)13-21(14-8-4-2-5-9-14)15-10-6-3-7-11-15/h2-11H,12-13H2,1H3,(H,18,19)/t17-/m1/s1. The van der Waals surface area contributed by atoms with E-state index >= 15 is 0 Å². The van der Waals surface area contributed by atoms with Crippen molar-refractivity contribution in [3.05, 3.63) is 60.7 Å². The predicted octanol–water partition coefficient (Wildman–Crippen LogP) is 2.62. The van der Waals surface area contributed by atoms with Crippen molar-refractivity contribution in [2.45, 2.75) is 12.5 Å². The summed E-state index contributed by atoms with van der Waals surface area (Å²) in [5, 5.41) is 5.60. The fourth-order valence-corrected chi connectivity index (χ4v) is 5.12. The molecule has 2 aromatic carbocycles. The van der Waals surface area contributed by atoms with Gasteiger partial charge in [-0.25, -0.2) is 4.79 Å². The van der Waals surface area contributed by atoms with Crippen molar-refractivity contribution in [1.29, 1.82) is 0 Å². The largest absolute Gasteiger partial charge is 0.447 e. The number of carbonyl (C=O) groups is 1. The molecular formula is C17H18NO2P. The summed E-state index contributed by atoms with van der Waals surface area (Å²) < 4.78 is 5.10. The highest BCUT2D eigenvalue weighted by atomic mass is 31.1. The Labute approximate surface area is 126 Å².